The summed E-state index contributed by atoms with van der Waals surface area (Å²) in [5.74, 6) is 0.678. The van der Waals surface area contributed by atoms with Crippen LogP contribution in [-0.2, 0) is 5.41 Å². The van der Waals surface area contributed by atoms with Gasteiger partial charge in [0.15, 0.2) is 0 Å². The molecular formula is C16H20N2O. The normalized spacial score (nSPS) is 15.7. The van der Waals surface area contributed by atoms with Gasteiger partial charge >= 0.3 is 0 Å². The van der Waals surface area contributed by atoms with E-state index in [9.17, 15) is 5.11 Å². The summed E-state index contributed by atoms with van der Waals surface area (Å²) in [5.41, 5.74) is 3.32. The summed E-state index contributed by atoms with van der Waals surface area (Å²) >= 11 is 0. The van der Waals surface area contributed by atoms with Crippen molar-refractivity contribution in [2.45, 2.75) is 38.0 Å². The van der Waals surface area contributed by atoms with Crippen molar-refractivity contribution in [3.63, 3.8) is 0 Å². The first-order valence-electron chi connectivity index (χ1n) is 6.87. The molecule has 3 heteroatoms. The average molecular weight is 256 g/mol. The van der Waals surface area contributed by atoms with Crippen LogP contribution >= 0.6 is 0 Å². The van der Waals surface area contributed by atoms with Crippen LogP contribution in [-0.4, -0.2) is 21.5 Å². The van der Waals surface area contributed by atoms with Crippen molar-refractivity contribution in [2.75, 3.05) is 6.61 Å². The van der Waals surface area contributed by atoms with Crippen LogP contribution in [0.3, 0.4) is 0 Å². The molecule has 1 heterocycles. The maximum Gasteiger partial charge on any atom is 0.0651 e. The zero-order valence-corrected chi connectivity index (χ0v) is 11.5. The van der Waals surface area contributed by atoms with Gasteiger partial charge in [-0.1, -0.05) is 26.0 Å². The highest BCUT2D eigenvalue weighted by molar-refractivity contribution is 5.40. The van der Waals surface area contributed by atoms with Gasteiger partial charge in [0, 0.05) is 23.2 Å². The highest BCUT2D eigenvalue weighted by Crippen LogP contribution is 2.40. The summed E-state index contributed by atoms with van der Waals surface area (Å²) < 4.78 is 2.04. The van der Waals surface area contributed by atoms with Crippen molar-refractivity contribution in [3.8, 4) is 5.69 Å². The van der Waals surface area contributed by atoms with E-state index in [4.69, 9.17) is 0 Å². The number of aliphatic hydroxyl groups is 1. The van der Waals surface area contributed by atoms with Crippen molar-refractivity contribution < 1.29 is 5.11 Å². The first kappa shape index (κ1) is 12.4. The molecule has 2 aromatic rings. The van der Waals surface area contributed by atoms with Crippen LogP contribution in [0, 0.1) is 0 Å². The lowest BCUT2D eigenvalue weighted by atomic mass is 9.85. The minimum Gasteiger partial charge on any atom is -0.395 e. The number of aromatic nitrogens is 2. The van der Waals surface area contributed by atoms with Crippen molar-refractivity contribution in [3.05, 3.63) is 47.8 Å². The fourth-order valence-corrected chi connectivity index (χ4v) is 2.37. The minimum atomic E-state index is -0.219. The molecule has 0 spiro atoms. The Morgan fingerprint density at radius 1 is 1.32 bits per heavy atom. The number of nitrogens with zero attached hydrogens (tertiary/aromatic N) is 2. The molecule has 1 aromatic carbocycles. The van der Waals surface area contributed by atoms with Crippen LogP contribution in [0.1, 0.15) is 43.9 Å². The molecule has 0 aliphatic heterocycles. The third-order valence-corrected chi connectivity index (χ3v) is 3.94. The van der Waals surface area contributed by atoms with Crippen LogP contribution < -0.4 is 0 Å². The quantitative estimate of drug-likeness (QED) is 0.913. The van der Waals surface area contributed by atoms with Crippen LogP contribution in [0.25, 0.3) is 5.69 Å². The Morgan fingerprint density at radius 3 is 2.79 bits per heavy atom. The largest absolute Gasteiger partial charge is 0.395 e. The second kappa shape index (κ2) is 4.49. The molecule has 1 N–H and O–H groups in total. The fourth-order valence-electron chi connectivity index (χ4n) is 2.37. The van der Waals surface area contributed by atoms with E-state index in [1.165, 1.54) is 18.5 Å². The van der Waals surface area contributed by atoms with Gasteiger partial charge in [0.25, 0.3) is 0 Å². The van der Waals surface area contributed by atoms with Gasteiger partial charge in [-0.15, -0.1) is 0 Å². The van der Waals surface area contributed by atoms with Crippen LogP contribution in [0.5, 0.6) is 0 Å². The molecule has 100 valence electrons. The standard InChI is InChI=1S/C16H20N2O/c1-16(2,11-19)13-4-3-5-14(10-13)18-15(8-9-17-18)12-6-7-12/h3-5,8-10,12,19H,6-7,11H2,1-2H3. The third kappa shape index (κ3) is 2.30. The molecule has 19 heavy (non-hydrogen) atoms. The number of hydrogen-bond donors (Lipinski definition) is 1. The third-order valence-electron chi connectivity index (χ3n) is 3.94. The van der Waals surface area contributed by atoms with Gasteiger partial charge in [0.05, 0.1) is 12.3 Å². The number of rotatable bonds is 4. The van der Waals surface area contributed by atoms with Crippen molar-refractivity contribution in [2.24, 2.45) is 0 Å². The first-order valence-corrected chi connectivity index (χ1v) is 6.87. The molecule has 1 saturated carbocycles. The van der Waals surface area contributed by atoms with E-state index in [0.29, 0.717) is 5.92 Å². The Hall–Kier alpha value is -1.61. The van der Waals surface area contributed by atoms with E-state index in [2.05, 4.69) is 43.2 Å². The first-order chi connectivity index (χ1) is 9.12. The maximum absolute atomic E-state index is 9.50. The van der Waals surface area contributed by atoms with Crippen LogP contribution in [0.2, 0.25) is 0 Å². The van der Waals surface area contributed by atoms with Gasteiger partial charge in [-0.05, 0) is 36.6 Å². The predicted molar refractivity (Wildman–Crippen MR) is 75.7 cm³/mol. The smallest absolute Gasteiger partial charge is 0.0651 e. The summed E-state index contributed by atoms with van der Waals surface area (Å²) in [4.78, 5) is 0. The summed E-state index contributed by atoms with van der Waals surface area (Å²) in [6, 6.07) is 10.4. The van der Waals surface area contributed by atoms with Crippen molar-refractivity contribution >= 4 is 0 Å². The van der Waals surface area contributed by atoms with Gasteiger partial charge in [0.2, 0.25) is 0 Å². The summed E-state index contributed by atoms with van der Waals surface area (Å²) in [7, 11) is 0. The van der Waals surface area contributed by atoms with Crippen molar-refractivity contribution in [1.82, 2.24) is 9.78 Å². The van der Waals surface area contributed by atoms with Gasteiger partial charge in [-0.2, -0.15) is 5.10 Å². The Morgan fingerprint density at radius 2 is 2.11 bits per heavy atom. The molecule has 1 fully saturated rings. The highest BCUT2D eigenvalue weighted by Gasteiger charge is 2.27. The van der Waals surface area contributed by atoms with E-state index in [1.807, 2.05) is 16.9 Å². The Kier molecular flexibility index (Phi) is 2.94. The number of hydrogen-bond acceptors (Lipinski definition) is 2. The minimum absolute atomic E-state index is 0.144. The molecule has 0 bridgehead atoms. The lowest BCUT2D eigenvalue weighted by Crippen LogP contribution is -2.22. The van der Waals surface area contributed by atoms with E-state index in [1.54, 1.807) is 0 Å². The molecule has 1 aliphatic carbocycles. The molecule has 3 nitrogen and oxygen atoms in total. The molecule has 0 unspecified atom stereocenters. The molecule has 1 aromatic heterocycles. The Labute approximate surface area is 113 Å². The molecule has 0 radical (unpaired) electrons. The van der Waals surface area contributed by atoms with Crippen LogP contribution in [0.4, 0.5) is 0 Å². The molecule has 0 amide bonds. The van der Waals surface area contributed by atoms with E-state index >= 15 is 0 Å². The van der Waals surface area contributed by atoms with Crippen molar-refractivity contribution in [1.29, 1.82) is 0 Å². The molecule has 1 aliphatic rings. The SMILES string of the molecule is CC(C)(CO)c1cccc(-n2nccc2C2CC2)c1. The summed E-state index contributed by atoms with van der Waals surface area (Å²) in [6.45, 7) is 4.25. The molecule has 3 rings (SSSR count). The molecular weight excluding hydrogens is 236 g/mol. The molecule has 0 saturated heterocycles. The van der Waals surface area contributed by atoms with E-state index in [0.717, 1.165) is 11.3 Å². The summed E-state index contributed by atoms with van der Waals surface area (Å²) in [5, 5.41) is 14.0. The molecule has 0 atom stereocenters. The second-order valence-electron chi connectivity index (χ2n) is 6.03. The Bertz CT molecular complexity index is 582. The highest BCUT2D eigenvalue weighted by atomic mass is 16.3. The van der Waals surface area contributed by atoms with Crippen LogP contribution in [0.15, 0.2) is 36.5 Å². The van der Waals surface area contributed by atoms with E-state index in [-0.39, 0.29) is 12.0 Å². The topological polar surface area (TPSA) is 38.0 Å². The number of benzene rings is 1. The zero-order valence-electron chi connectivity index (χ0n) is 11.5. The summed E-state index contributed by atoms with van der Waals surface area (Å²) in [6.07, 6.45) is 4.42. The number of aliphatic hydroxyl groups excluding tert-OH is 1. The van der Waals surface area contributed by atoms with Gasteiger partial charge < -0.3 is 5.11 Å². The Balaban J connectivity index is 2.01. The monoisotopic (exact) mass is 256 g/mol. The van der Waals surface area contributed by atoms with Gasteiger partial charge in [-0.3, -0.25) is 0 Å². The second-order valence-corrected chi connectivity index (χ2v) is 6.03. The predicted octanol–water partition coefficient (Wildman–Crippen LogP) is 3.02. The maximum atomic E-state index is 9.50. The van der Waals surface area contributed by atoms with Gasteiger partial charge in [0.1, 0.15) is 0 Å². The lowest BCUT2D eigenvalue weighted by molar-refractivity contribution is 0.218. The fraction of sp³-hybridized carbons (Fsp3) is 0.438. The van der Waals surface area contributed by atoms with Gasteiger partial charge in [-0.25, -0.2) is 4.68 Å². The average Bonchev–Trinajstić information content (AvgIpc) is 3.16. The van der Waals surface area contributed by atoms with E-state index < -0.39 is 0 Å². The zero-order chi connectivity index (χ0) is 13.5. The lowest BCUT2D eigenvalue weighted by Gasteiger charge is -2.23.